The van der Waals surface area contributed by atoms with Crippen LogP contribution in [0.15, 0.2) is 33.5 Å². The lowest BCUT2D eigenvalue weighted by Crippen LogP contribution is -2.00. The van der Waals surface area contributed by atoms with Crippen LogP contribution in [0.25, 0.3) is 21.7 Å². The molecule has 6 heteroatoms. The fraction of sp³-hybridized carbons (Fsp3) is 0.0714. The number of phenolic OH excluding ortho intramolecular Hbond substituents is 1. The van der Waals surface area contributed by atoms with E-state index < -0.39 is 5.63 Å². The Morgan fingerprint density at radius 3 is 2.85 bits per heavy atom. The molecule has 0 aliphatic carbocycles. The first-order chi connectivity index (χ1) is 9.65. The van der Waals surface area contributed by atoms with Gasteiger partial charge in [-0.15, -0.1) is 0 Å². The maximum absolute atomic E-state index is 12.0. The van der Waals surface area contributed by atoms with Crippen molar-refractivity contribution in [1.29, 1.82) is 0 Å². The van der Waals surface area contributed by atoms with Crippen LogP contribution in [0.1, 0.15) is 0 Å². The SMILES string of the molecule is O=c1oc2cc(O)cc(Cl)c2c2c3c(ccc12)OCO3. The highest BCUT2D eigenvalue weighted by Crippen LogP contribution is 2.43. The van der Waals surface area contributed by atoms with Crippen LogP contribution >= 0.6 is 11.6 Å². The van der Waals surface area contributed by atoms with Crippen molar-refractivity contribution < 1.29 is 19.0 Å². The van der Waals surface area contributed by atoms with Crippen molar-refractivity contribution in [3.05, 3.63) is 39.7 Å². The number of phenols is 1. The molecular weight excluding hydrogens is 284 g/mol. The molecule has 0 bridgehead atoms. The summed E-state index contributed by atoms with van der Waals surface area (Å²) in [6.07, 6.45) is 0. The molecule has 0 spiro atoms. The van der Waals surface area contributed by atoms with Crippen LogP contribution in [0.3, 0.4) is 0 Å². The van der Waals surface area contributed by atoms with E-state index >= 15 is 0 Å². The Morgan fingerprint density at radius 2 is 2.00 bits per heavy atom. The Kier molecular flexibility index (Phi) is 2.17. The van der Waals surface area contributed by atoms with Gasteiger partial charge in [-0.1, -0.05) is 11.6 Å². The first kappa shape index (κ1) is 11.4. The highest BCUT2D eigenvalue weighted by atomic mass is 35.5. The van der Waals surface area contributed by atoms with Crippen LogP contribution in [-0.4, -0.2) is 11.9 Å². The van der Waals surface area contributed by atoms with E-state index in [2.05, 4.69) is 0 Å². The molecule has 1 N–H and O–H groups in total. The minimum atomic E-state index is -0.521. The highest BCUT2D eigenvalue weighted by molar-refractivity contribution is 6.38. The molecule has 0 atom stereocenters. The summed E-state index contributed by atoms with van der Waals surface area (Å²) in [6.45, 7) is 0.0892. The van der Waals surface area contributed by atoms with Gasteiger partial charge in [-0.2, -0.15) is 0 Å². The van der Waals surface area contributed by atoms with Gasteiger partial charge in [0.1, 0.15) is 11.3 Å². The normalized spacial score (nSPS) is 13.2. The molecule has 0 saturated heterocycles. The molecule has 0 saturated carbocycles. The van der Waals surface area contributed by atoms with E-state index in [-0.39, 0.29) is 23.1 Å². The molecule has 2 heterocycles. The predicted octanol–water partition coefficient (Wildman–Crippen LogP) is 3.03. The van der Waals surface area contributed by atoms with Gasteiger partial charge in [0, 0.05) is 16.8 Å². The van der Waals surface area contributed by atoms with Crippen LogP contribution in [0.5, 0.6) is 17.2 Å². The molecule has 2 aromatic carbocycles. The van der Waals surface area contributed by atoms with Gasteiger partial charge in [-0.3, -0.25) is 0 Å². The smallest absolute Gasteiger partial charge is 0.344 e. The highest BCUT2D eigenvalue weighted by Gasteiger charge is 2.22. The Morgan fingerprint density at radius 1 is 1.15 bits per heavy atom. The summed E-state index contributed by atoms with van der Waals surface area (Å²) in [5, 5.41) is 11.2. The van der Waals surface area contributed by atoms with Crippen LogP contribution in [0.4, 0.5) is 0 Å². The van der Waals surface area contributed by atoms with Gasteiger partial charge >= 0.3 is 5.63 Å². The van der Waals surface area contributed by atoms with E-state index in [0.29, 0.717) is 27.7 Å². The van der Waals surface area contributed by atoms with Crippen LogP contribution < -0.4 is 15.1 Å². The number of hydrogen-bond donors (Lipinski definition) is 1. The molecule has 0 amide bonds. The molecule has 5 nitrogen and oxygen atoms in total. The Hall–Kier alpha value is -2.40. The van der Waals surface area contributed by atoms with Gasteiger partial charge in [0.15, 0.2) is 11.5 Å². The zero-order chi connectivity index (χ0) is 13.9. The largest absolute Gasteiger partial charge is 0.508 e. The van der Waals surface area contributed by atoms with E-state index in [0.717, 1.165) is 0 Å². The molecule has 20 heavy (non-hydrogen) atoms. The number of halogens is 1. The summed E-state index contributed by atoms with van der Waals surface area (Å²) in [6, 6.07) is 5.99. The van der Waals surface area contributed by atoms with E-state index in [1.54, 1.807) is 12.1 Å². The Bertz CT molecular complexity index is 928. The topological polar surface area (TPSA) is 68.9 Å². The zero-order valence-electron chi connectivity index (χ0n) is 9.97. The van der Waals surface area contributed by atoms with Crippen molar-refractivity contribution in [3.8, 4) is 17.2 Å². The van der Waals surface area contributed by atoms with Crippen molar-refractivity contribution in [3.63, 3.8) is 0 Å². The number of rotatable bonds is 0. The third-order valence-electron chi connectivity index (χ3n) is 3.25. The lowest BCUT2D eigenvalue weighted by Gasteiger charge is -2.07. The molecule has 1 aliphatic heterocycles. The summed E-state index contributed by atoms with van der Waals surface area (Å²) in [7, 11) is 0. The van der Waals surface area contributed by atoms with Crippen LogP contribution in [-0.2, 0) is 0 Å². The van der Waals surface area contributed by atoms with E-state index in [1.807, 2.05) is 0 Å². The molecule has 1 aromatic heterocycles. The van der Waals surface area contributed by atoms with Crippen molar-refractivity contribution in [2.75, 3.05) is 6.79 Å². The number of aromatic hydroxyl groups is 1. The van der Waals surface area contributed by atoms with Gasteiger partial charge in [-0.25, -0.2) is 4.79 Å². The zero-order valence-corrected chi connectivity index (χ0v) is 10.7. The lowest BCUT2D eigenvalue weighted by atomic mass is 10.1. The van der Waals surface area contributed by atoms with Crippen molar-refractivity contribution in [2.45, 2.75) is 0 Å². The predicted molar refractivity (Wildman–Crippen MR) is 72.8 cm³/mol. The third kappa shape index (κ3) is 1.41. The second-order valence-electron chi connectivity index (χ2n) is 4.41. The number of fused-ring (bicyclic) bond motifs is 5. The van der Waals surface area contributed by atoms with Gasteiger partial charge in [0.05, 0.1) is 10.4 Å². The van der Waals surface area contributed by atoms with Gasteiger partial charge in [0.2, 0.25) is 6.79 Å². The maximum Gasteiger partial charge on any atom is 0.344 e. The standard InChI is InChI=1S/C14H7ClO5/c15-8-3-6(16)4-10-12(8)11-7(14(17)20-10)1-2-9-13(11)19-5-18-9/h1-4,16H,5H2. The molecule has 1 aliphatic rings. The van der Waals surface area contributed by atoms with Crippen molar-refractivity contribution in [2.24, 2.45) is 0 Å². The van der Waals surface area contributed by atoms with Gasteiger partial charge in [-0.05, 0) is 18.2 Å². The monoisotopic (exact) mass is 290 g/mol. The number of ether oxygens (including phenoxy) is 2. The summed E-state index contributed by atoms with van der Waals surface area (Å²) in [4.78, 5) is 12.0. The lowest BCUT2D eigenvalue weighted by molar-refractivity contribution is 0.175. The first-order valence-corrected chi connectivity index (χ1v) is 6.20. The maximum atomic E-state index is 12.0. The second kappa shape index (κ2) is 3.80. The molecule has 0 unspecified atom stereocenters. The van der Waals surface area contributed by atoms with Crippen LogP contribution in [0.2, 0.25) is 5.02 Å². The third-order valence-corrected chi connectivity index (χ3v) is 3.55. The summed E-state index contributed by atoms with van der Waals surface area (Å²) >= 11 is 6.18. The molecule has 100 valence electrons. The van der Waals surface area contributed by atoms with Crippen LogP contribution in [0, 0.1) is 0 Å². The number of benzene rings is 2. The minimum Gasteiger partial charge on any atom is -0.508 e. The Balaban J connectivity index is 2.34. The Labute approximate surface area is 116 Å². The molecule has 0 fully saturated rings. The molecule has 4 rings (SSSR count). The van der Waals surface area contributed by atoms with Gasteiger partial charge in [0.25, 0.3) is 0 Å². The molecule has 3 aromatic rings. The molecule has 0 radical (unpaired) electrons. The quantitative estimate of drug-likeness (QED) is 0.509. The van der Waals surface area contributed by atoms with Crippen molar-refractivity contribution >= 4 is 33.3 Å². The first-order valence-electron chi connectivity index (χ1n) is 5.83. The van der Waals surface area contributed by atoms with E-state index in [1.165, 1.54) is 12.1 Å². The van der Waals surface area contributed by atoms with E-state index in [4.69, 9.17) is 25.5 Å². The average molecular weight is 291 g/mol. The second-order valence-corrected chi connectivity index (χ2v) is 4.82. The van der Waals surface area contributed by atoms with E-state index in [9.17, 15) is 9.90 Å². The summed E-state index contributed by atoms with van der Waals surface area (Å²) < 4.78 is 15.9. The fourth-order valence-electron chi connectivity index (χ4n) is 2.44. The average Bonchev–Trinajstić information content (AvgIpc) is 2.85. The summed E-state index contributed by atoms with van der Waals surface area (Å²) in [5.41, 5.74) is -0.316. The summed E-state index contributed by atoms with van der Waals surface area (Å²) in [5.74, 6) is 0.941. The number of hydrogen-bond acceptors (Lipinski definition) is 5. The fourth-order valence-corrected chi connectivity index (χ4v) is 2.74. The van der Waals surface area contributed by atoms with Gasteiger partial charge < -0.3 is 19.0 Å². The minimum absolute atomic E-state index is 0.0743. The van der Waals surface area contributed by atoms with Crippen molar-refractivity contribution in [1.82, 2.24) is 0 Å². The molecular formula is C14H7ClO5.